The van der Waals surface area contributed by atoms with Crippen LogP contribution in [0.2, 0.25) is 0 Å². The van der Waals surface area contributed by atoms with Crippen LogP contribution in [0.3, 0.4) is 0 Å². The van der Waals surface area contributed by atoms with E-state index in [9.17, 15) is 8.78 Å². The van der Waals surface area contributed by atoms with Crippen molar-refractivity contribution in [3.05, 3.63) is 72.3 Å². The van der Waals surface area contributed by atoms with Crippen LogP contribution in [0.15, 0.2) is 65.2 Å². The summed E-state index contributed by atoms with van der Waals surface area (Å²) in [6.07, 6.45) is 0. The Morgan fingerprint density at radius 1 is 0.759 bits per heavy atom. The van der Waals surface area contributed by atoms with Crippen LogP contribution in [-0.4, -0.2) is 36.3 Å². The summed E-state index contributed by atoms with van der Waals surface area (Å²) in [5.74, 6) is -1.12. The first kappa shape index (κ1) is 17.6. The lowest BCUT2D eigenvalue weighted by atomic mass is 10.1. The molecule has 0 unspecified atom stereocenters. The highest BCUT2D eigenvalue weighted by molar-refractivity contribution is 5.86. The van der Waals surface area contributed by atoms with Crippen molar-refractivity contribution in [3.63, 3.8) is 0 Å². The second-order valence-electron chi connectivity index (χ2n) is 7.03. The van der Waals surface area contributed by atoms with Gasteiger partial charge in [-0.1, -0.05) is 41.6 Å². The molecule has 0 atom stereocenters. The fourth-order valence-electron chi connectivity index (χ4n) is 3.63. The van der Waals surface area contributed by atoms with Crippen LogP contribution in [0.25, 0.3) is 22.2 Å². The van der Waals surface area contributed by atoms with Gasteiger partial charge in [-0.2, -0.15) is 4.98 Å². The summed E-state index contributed by atoms with van der Waals surface area (Å²) >= 11 is 0. The highest BCUT2D eigenvalue weighted by Crippen LogP contribution is 2.26. The van der Waals surface area contributed by atoms with Crippen molar-refractivity contribution < 1.29 is 13.3 Å². The summed E-state index contributed by atoms with van der Waals surface area (Å²) in [5, 5.41) is 6.42. The number of piperazine rings is 1. The second-order valence-corrected chi connectivity index (χ2v) is 7.03. The Morgan fingerprint density at radius 2 is 1.52 bits per heavy atom. The monoisotopic (exact) mass is 392 g/mol. The number of benzene rings is 3. The first-order valence-corrected chi connectivity index (χ1v) is 9.45. The molecule has 1 saturated heterocycles. The van der Waals surface area contributed by atoms with Crippen molar-refractivity contribution in [2.24, 2.45) is 0 Å². The molecule has 3 aromatic carbocycles. The average molecular weight is 392 g/mol. The van der Waals surface area contributed by atoms with Crippen molar-refractivity contribution in [3.8, 4) is 11.4 Å². The number of anilines is 2. The number of hydrogen-bond acceptors (Lipinski definition) is 5. The minimum absolute atomic E-state index is 0.470. The molecule has 0 amide bonds. The van der Waals surface area contributed by atoms with E-state index in [2.05, 4.69) is 22.3 Å². The summed E-state index contributed by atoms with van der Waals surface area (Å²) < 4.78 is 32.1. The van der Waals surface area contributed by atoms with Gasteiger partial charge in [-0.25, -0.2) is 8.78 Å². The van der Waals surface area contributed by atoms with Gasteiger partial charge >= 0.3 is 6.01 Å². The van der Waals surface area contributed by atoms with Crippen molar-refractivity contribution >= 4 is 22.5 Å². The van der Waals surface area contributed by atoms with E-state index in [1.165, 1.54) is 6.07 Å². The quantitative estimate of drug-likeness (QED) is 0.514. The van der Waals surface area contributed by atoms with Gasteiger partial charge in [0.05, 0.1) is 0 Å². The van der Waals surface area contributed by atoms with Gasteiger partial charge in [0.2, 0.25) is 5.82 Å². The predicted molar refractivity (Wildman–Crippen MR) is 108 cm³/mol. The molecule has 4 aromatic rings. The molecule has 1 aliphatic rings. The van der Waals surface area contributed by atoms with Gasteiger partial charge in [0, 0.05) is 43.5 Å². The van der Waals surface area contributed by atoms with E-state index in [0.29, 0.717) is 43.7 Å². The zero-order chi connectivity index (χ0) is 19.8. The predicted octanol–water partition coefficient (Wildman–Crippen LogP) is 4.49. The fourth-order valence-corrected chi connectivity index (χ4v) is 3.63. The minimum atomic E-state index is -0.834. The van der Waals surface area contributed by atoms with Gasteiger partial charge in [-0.3, -0.25) is 0 Å². The zero-order valence-electron chi connectivity index (χ0n) is 15.6. The third-order valence-corrected chi connectivity index (χ3v) is 5.24. The van der Waals surface area contributed by atoms with Crippen LogP contribution in [0.4, 0.5) is 20.5 Å². The molecule has 0 bridgehead atoms. The highest BCUT2D eigenvalue weighted by atomic mass is 19.2. The van der Waals surface area contributed by atoms with Gasteiger partial charge in [-0.05, 0) is 29.0 Å². The van der Waals surface area contributed by atoms with Crippen molar-refractivity contribution in [1.29, 1.82) is 0 Å². The smallest absolute Gasteiger partial charge is 0.324 e. The summed E-state index contributed by atoms with van der Waals surface area (Å²) in [6, 6.07) is 18.7. The summed E-state index contributed by atoms with van der Waals surface area (Å²) in [4.78, 5) is 8.58. The molecule has 146 valence electrons. The van der Waals surface area contributed by atoms with Crippen molar-refractivity contribution in [2.75, 3.05) is 36.0 Å². The van der Waals surface area contributed by atoms with Crippen molar-refractivity contribution in [1.82, 2.24) is 10.1 Å². The fraction of sp³-hybridized carbons (Fsp3) is 0.182. The normalized spacial score (nSPS) is 14.6. The van der Waals surface area contributed by atoms with Crippen LogP contribution in [-0.2, 0) is 0 Å². The topological polar surface area (TPSA) is 45.4 Å². The standard InChI is InChI=1S/C22H18F2N4O/c23-19-8-7-18(14-20(19)24)27-9-11-28(12-10-27)22-25-21(26-29-22)17-6-5-15-3-1-2-4-16(15)13-17/h1-8,13-14H,9-12H2. The van der Waals surface area contributed by atoms with Crippen LogP contribution in [0, 0.1) is 11.6 Å². The van der Waals surface area contributed by atoms with E-state index < -0.39 is 11.6 Å². The van der Waals surface area contributed by atoms with Gasteiger partial charge < -0.3 is 14.3 Å². The Kier molecular flexibility index (Phi) is 4.35. The maximum atomic E-state index is 13.5. The lowest BCUT2D eigenvalue weighted by Gasteiger charge is -2.35. The van der Waals surface area contributed by atoms with Gasteiger partial charge in [0.1, 0.15) is 0 Å². The highest BCUT2D eigenvalue weighted by Gasteiger charge is 2.22. The molecule has 7 heteroatoms. The van der Waals surface area contributed by atoms with Gasteiger partial charge in [0.15, 0.2) is 11.6 Å². The Labute approximate surface area is 166 Å². The largest absolute Gasteiger partial charge is 0.368 e. The third-order valence-electron chi connectivity index (χ3n) is 5.24. The maximum absolute atomic E-state index is 13.5. The Balaban J connectivity index is 1.30. The molecule has 5 rings (SSSR count). The Bertz CT molecular complexity index is 1170. The first-order chi connectivity index (χ1) is 14.2. The Hall–Kier alpha value is -3.48. The molecular weight excluding hydrogens is 374 g/mol. The Morgan fingerprint density at radius 3 is 2.31 bits per heavy atom. The summed E-state index contributed by atoms with van der Waals surface area (Å²) in [6.45, 7) is 2.61. The van der Waals surface area contributed by atoms with E-state index >= 15 is 0 Å². The van der Waals surface area contributed by atoms with Crippen molar-refractivity contribution in [2.45, 2.75) is 0 Å². The third kappa shape index (κ3) is 3.40. The summed E-state index contributed by atoms with van der Waals surface area (Å²) in [7, 11) is 0. The zero-order valence-corrected chi connectivity index (χ0v) is 15.6. The minimum Gasteiger partial charge on any atom is -0.368 e. The number of hydrogen-bond donors (Lipinski definition) is 0. The number of halogens is 2. The van der Waals surface area contributed by atoms with E-state index in [1.54, 1.807) is 6.07 Å². The number of aromatic nitrogens is 2. The van der Waals surface area contributed by atoms with E-state index in [-0.39, 0.29) is 0 Å². The molecule has 0 saturated carbocycles. The molecule has 2 heterocycles. The van der Waals surface area contributed by atoms with E-state index in [4.69, 9.17) is 4.52 Å². The molecule has 1 aliphatic heterocycles. The maximum Gasteiger partial charge on any atom is 0.324 e. The first-order valence-electron chi connectivity index (χ1n) is 9.45. The molecule has 0 spiro atoms. The number of rotatable bonds is 3. The molecule has 29 heavy (non-hydrogen) atoms. The van der Waals surface area contributed by atoms with Gasteiger partial charge in [-0.15, -0.1) is 0 Å². The molecule has 5 nitrogen and oxygen atoms in total. The van der Waals surface area contributed by atoms with Crippen LogP contribution in [0.5, 0.6) is 0 Å². The molecule has 0 N–H and O–H groups in total. The van der Waals surface area contributed by atoms with E-state index in [1.807, 2.05) is 40.1 Å². The molecule has 0 aliphatic carbocycles. The SMILES string of the molecule is Fc1ccc(N2CCN(c3nc(-c4ccc5ccccc5c4)no3)CC2)cc1F. The second kappa shape index (κ2) is 7.16. The van der Waals surface area contributed by atoms with Gasteiger partial charge in [0.25, 0.3) is 0 Å². The van der Waals surface area contributed by atoms with Crippen LogP contribution in [0.1, 0.15) is 0 Å². The van der Waals surface area contributed by atoms with E-state index in [0.717, 1.165) is 22.4 Å². The lowest BCUT2D eigenvalue weighted by Crippen LogP contribution is -2.46. The molecule has 1 aromatic heterocycles. The molecular formula is C22H18F2N4O. The van der Waals surface area contributed by atoms with Crippen LogP contribution >= 0.6 is 0 Å². The molecule has 1 fully saturated rings. The lowest BCUT2D eigenvalue weighted by molar-refractivity contribution is 0.409. The number of fused-ring (bicyclic) bond motifs is 1. The van der Waals surface area contributed by atoms with Crippen LogP contribution < -0.4 is 9.80 Å². The average Bonchev–Trinajstić information content (AvgIpc) is 3.26. The summed E-state index contributed by atoms with van der Waals surface area (Å²) in [5.41, 5.74) is 1.57. The number of nitrogens with zero attached hydrogens (tertiary/aromatic N) is 4. The molecule has 0 radical (unpaired) electrons.